The zero-order chi connectivity index (χ0) is 24.2. The Morgan fingerprint density at radius 3 is 2.38 bits per heavy atom. The van der Waals surface area contributed by atoms with Gasteiger partial charge in [0.1, 0.15) is 5.82 Å². The van der Waals surface area contributed by atoms with E-state index in [2.05, 4.69) is 15.6 Å². The molecular formula is C25H30N6O3. The van der Waals surface area contributed by atoms with Crippen molar-refractivity contribution in [3.63, 3.8) is 0 Å². The van der Waals surface area contributed by atoms with E-state index in [1.54, 1.807) is 12.1 Å². The first-order chi connectivity index (χ1) is 16.3. The van der Waals surface area contributed by atoms with Gasteiger partial charge in [-0.3, -0.25) is 14.9 Å². The molecule has 1 aliphatic carbocycles. The maximum absolute atomic E-state index is 12.8. The molecule has 1 saturated carbocycles. The Morgan fingerprint density at radius 2 is 1.74 bits per heavy atom. The minimum atomic E-state index is -0.427. The molecule has 1 heterocycles. The summed E-state index contributed by atoms with van der Waals surface area (Å²) in [5.74, 6) is 1.47. The van der Waals surface area contributed by atoms with Crippen LogP contribution >= 0.6 is 0 Å². The van der Waals surface area contributed by atoms with Crippen LogP contribution in [0.15, 0.2) is 48.5 Å². The van der Waals surface area contributed by atoms with Crippen LogP contribution < -0.4 is 15.5 Å². The molecule has 0 unspecified atom stereocenters. The molecule has 0 saturated heterocycles. The van der Waals surface area contributed by atoms with Crippen molar-refractivity contribution in [1.29, 1.82) is 0 Å². The smallest absolute Gasteiger partial charge is 0.269 e. The van der Waals surface area contributed by atoms with E-state index < -0.39 is 4.92 Å². The van der Waals surface area contributed by atoms with Crippen LogP contribution in [0.25, 0.3) is 10.9 Å². The number of nitrogens with zero attached hydrogens (tertiary/aromatic N) is 4. The van der Waals surface area contributed by atoms with Crippen LogP contribution in [-0.2, 0) is 4.79 Å². The second-order valence-electron chi connectivity index (χ2n) is 9.05. The number of nitrogens with one attached hydrogen (secondary N) is 2. The lowest BCUT2D eigenvalue weighted by molar-refractivity contribution is -0.384. The summed E-state index contributed by atoms with van der Waals surface area (Å²) in [6, 6.07) is 14.3. The fraction of sp³-hybridized carbons (Fsp3) is 0.400. The van der Waals surface area contributed by atoms with Crippen molar-refractivity contribution in [3.05, 3.63) is 64.2 Å². The van der Waals surface area contributed by atoms with Crippen molar-refractivity contribution in [2.24, 2.45) is 5.92 Å². The highest BCUT2D eigenvalue weighted by molar-refractivity contribution is 5.90. The normalized spacial score (nSPS) is 18.8. The first kappa shape index (κ1) is 23.4. The van der Waals surface area contributed by atoms with E-state index in [0.717, 1.165) is 48.0 Å². The lowest BCUT2D eigenvalue weighted by atomic mass is 9.85. The quantitative estimate of drug-likeness (QED) is 0.394. The summed E-state index contributed by atoms with van der Waals surface area (Å²) in [6.07, 6.45) is 3.28. The van der Waals surface area contributed by atoms with Gasteiger partial charge in [0, 0.05) is 43.6 Å². The Hall–Kier alpha value is -3.75. The number of aromatic nitrogens is 2. The van der Waals surface area contributed by atoms with Crippen LogP contribution in [0.4, 0.5) is 17.5 Å². The Kier molecular flexibility index (Phi) is 6.90. The highest BCUT2D eigenvalue weighted by atomic mass is 16.6. The first-order valence-electron chi connectivity index (χ1n) is 11.6. The lowest BCUT2D eigenvalue weighted by Crippen LogP contribution is -2.37. The monoisotopic (exact) mass is 462 g/mol. The van der Waals surface area contributed by atoms with Gasteiger partial charge in [-0.05, 0) is 50.3 Å². The highest BCUT2D eigenvalue weighted by Crippen LogP contribution is 2.29. The largest absolute Gasteiger partial charge is 0.362 e. The number of carbonyl (C=O) groups is 1. The summed E-state index contributed by atoms with van der Waals surface area (Å²) in [6.45, 7) is 1.89. The molecule has 1 aliphatic rings. The standard InChI is InChI=1S/C25H30N6O3/c1-16(17-10-14-20(15-11-17)31(33)34)26-24(32)18-8-12-19(13-9-18)27-25-28-22-7-5-4-6-21(22)23(29-25)30(2)3/h4-7,10-11,14-16,18-19H,8-9,12-13H2,1-3H3,(H,26,32)(H,27,28,29)/t16-,18?,19?/m0/s1. The van der Waals surface area contributed by atoms with E-state index in [4.69, 9.17) is 4.98 Å². The summed E-state index contributed by atoms with van der Waals surface area (Å²) >= 11 is 0. The summed E-state index contributed by atoms with van der Waals surface area (Å²) in [5.41, 5.74) is 1.79. The molecule has 2 N–H and O–H groups in total. The van der Waals surface area contributed by atoms with E-state index in [-0.39, 0.29) is 29.6 Å². The van der Waals surface area contributed by atoms with Crippen molar-refractivity contribution in [3.8, 4) is 0 Å². The Bertz CT molecular complexity index is 1170. The summed E-state index contributed by atoms with van der Waals surface area (Å²) in [5, 5.41) is 18.4. The van der Waals surface area contributed by atoms with Gasteiger partial charge in [0.05, 0.1) is 16.5 Å². The van der Waals surface area contributed by atoms with Crippen LogP contribution in [0.2, 0.25) is 0 Å². The minimum absolute atomic E-state index is 0.0288. The predicted molar refractivity (Wildman–Crippen MR) is 133 cm³/mol. The van der Waals surface area contributed by atoms with E-state index >= 15 is 0 Å². The van der Waals surface area contributed by atoms with Crippen LogP contribution in [-0.4, -0.2) is 40.9 Å². The zero-order valence-corrected chi connectivity index (χ0v) is 19.7. The molecule has 0 aliphatic heterocycles. The Labute approximate surface area is 198 Å². The molecule has 2 aromatic carbocycles. The van der Waals surface area contributed by atoms with E-state index in [1.807, 2.05) is 50.2 Å². The van der Waals surface area contributed by atoms with Crippen LogP contribution in [0.5, 0.6) is 0 Å². The van der Waals surface area contributed by atoms with E-state index in [9.17, 15) is 14.9 Å². The van der Waals surface area contributed by atoms with Crippen molar-refractivity contribution in [1.82, 2.24) is 15.3 Å². The molecule has 1 fully saturated rings. The number of nitro groups is 1. The number of hydrogen-bond acceptors (Lipinski definition) is 7. The van der Waals surface area contributed by atoms with Gasteiger partial charge in [-0.2, -0.15) is 4.98 Å². The van der Waals surface area contributed by atoms with Crippen molar-refractivity contribution in [2.75, 3.05) is 24.3 Å². The molecule has 178 valence electrons. The Morgan fingerprint density at radius 1 is 1.06 bits per heavy atom. The molecule has 1 atom stereocenters. The molecular weight excluding hydrogens is 432 g/mol. The average molecular weight is 463 g/mol. The number of anilines is 2. The van der Waals surface area contributed by atoms with Crippen molar-refractivity contribution < 1.29 is 9.72 Å². The van der Waals surface area contributed by atoms with Crippen LogP contribution in [0.1, 0.15) is 44.2 Å². The number of hydrogen-bond donors (Lipinski definition) is 2. The van der Waals surface area contributed by atoms with Gasteiger partial charge in [-0.1, -0.05) is 24.3 Å². The number of amides is 1. The zero-order valence-electron chi connectivity index (χ0n) is 19.7. The molecule has 9 heteroatoms. The molecule has 4 rings (SSSR count). The van der Waals surface area contributed by atoms with Crippen molar-refractivity contribution in [2.45, 2.75) is 44.7 Å². The van der Waals surface area contributed by atoms with Crippen LogP contribution in [0.3, 0.4) is 0 Å². The van der Waals surface area contributed by atoms with E-state index in [1.165, 1.54) is 12.1 Å². The predicted octanol–water partition coefficient (Wildman–Crippen LogP) is 4.45. The number of rotatable bonds is 7. The highest BCUT2D eigenvalue weighted by Gasteiger charge is 2.28. The third-order valence-corrected chi connectivity index (χ3v) is 6.40. The number of benzene rings is 2. The van der Waals surface area contributed by atoms with E-state index in [0.29, 0.717) is 5.95 Å². The molecule has 0 bridgehead atoms. The third kappa shape index (κ3) is 5.24. The SMILES string of the molecule is C[C@H](NC(=O)C1CCC(Nc2nc(N(C)C)c3ccccc3n2)CC1)c1ccc([N+](=O)[O-])cc1. The fourth-order valence-corrected chi connectivity index (χ4v) is 4.45. The lowest BCUT2D eigenvalue weighted by Gasteiger charge is -2.29. The number of nitro benzene ring substituents is 1. The minimum Gasteiger partial charge on any atom is -0.362 e. The summed E-state index contributed by atoms with van der Waals surface area (Å²) < 4.78 is 0. The number of carbonyl (C=O) groups excluding carboxylic acids is 1. The maximum Gasteiger partial charge on any atom is 0.269 e. The fourth-order valence-electron chi connectivity index (χ4n) is 4.45. The maximum atomic E-state index is 12.8. The molecule has 1 aromatic heterocycles. The van der Waals surface area contributed by atoms with Gasteiger partial charge in [0.15, 0.2) is 0 Å². The topological polar surface area (TPSA) is 113 Å². The summed E-state index contributed by atoms with van der Waals surface area (Å²) in [4.78, 5) is 34.6. The number of non-ortho nitro benzene ring substituents is 1. The first-order valence-corrected chi connectivity index (χ1v) is 11.6. The molecule has 34 heavy (non-hydrogen) atoms. The molecule has 9 nitrogen and oxygen atoms in total. The second-order valence-corrected chi connectivity index (χ2v) is 9.05. The van der Waals surface area contributed by atoms with Gasteiger partial charge >= 0.3 is 0 Å². The van der Waals surface area contributed by atoms with Gasteiger partial charge < -0.3 is 15.5 Å². The molecule has 0 spiro atoms. The second kappa shape index (κ2) is 10.0. The van der Waals surface area contributed by atoms with Gasteiger partial charge in [0.25, 0.3) is 5.69 Å². The van der Waals surface area contributed by atoms with Gasteiger partial charge in [0.2, 0.25) is 11.9 Å². The molecule has 0 radical (unpaired) electrons. The Balaban J connectivity index is 1.33. The average Bonchev–Trinajstić information content (AvgIpc) is 2.84. The number of fused-ring (bicyclic) bond motifs is 1. The van der Waals surface area contributed by atoms with Crippen LogP contribution in [0, 0.1) is 16.0 Å². The molecule has 3 aromatic rings. The third-order valence-electron chi connectivity index (χ3n) is 6.40. The molecule has 1 amide bonds. The van der Waals surface area contributed by atoms with Gasteiger partial charge in [-0.25, -0.2) is 4.98 Å². The summed E-state index contributed by atoms with van der Waals surface area (Å²) in [7, 11) is 3.94. The van der Waals surface area contributed by atoms with Crippen molar-refractivity contribution >= 4 is 34.3 Å². The number of para-hydroxylation sites is 1. The van der Waals surface area contributed by atoms with Gasteiger partial charge in [-0.15, -0.1) is 0 Å².